The maximum Gasteiger partial charge on any atom is 0.0345 e. The third-order valence-corrected chi connectivity index (χ3v) is 6.14. The monoisotopic (exact) mass is 287 g/mol. The van der Waals surface area contributed by atoms with Crippen LogP contribution in [-0.4, -0.2) is 6.04 Å². The lowest BCUT2D eigenvalue weighted by molar-refractivity contribution is 0.112. The van der Waals surface area contributed by atoms with Gasteiger partial charge in [0.2, 0.25) is 0 Å². The molecule has 2 atom stereocenters. The second-order valence-electron chi connectivity index (χ2n) is 6.97. The van der Waals surface area contributed by atoms with Crippen LogP contribution in [0.5, 0.6) is 0 Å². The molecule has 0 spiro atoms. The van der Waals surface area contributed by atoms with Crippen molar-refractivity contribution in [2.75, 3.05) is 0 Å². The minimum absolute atomic E-state index is 0.295. The van der Waals surface area contributed by atoms with Gasteiger partial charge in [0.05, 0.1) is 0 Å². The van der Waals surface area contributed by atoms with Gasteiger partial charge in [0, 0.05) is 10.7 Å². The zero-order chi connectivity index (χ0) is 14.2. The van der Waals surface area contributed by atoms with Crippen LogP contribution in [0.1, 0.15) is 45.1 Å². The number of hydrogen-bond donors (Lipinski definition) is 1. The van der Waals surface area contributed by atoms with Crippen LogP contribution in [0.2, 0.25) is 0 Å². The Balaban J connectivity index is 1.80. The van der Waals surface area contributed by atoms with E-state index in [9.17, 15) is 0 Å². The Morgan fingerprint density at radius 2 is 2.10 bits per heavy atom. The van der Waals surface area contributed by atoms with Crippen molar-refractivity contribution in [3.8, 4) is 0 Å². The van der Waals surface area contributed by atoms with Crippen LogP contribution in [-0.2, 0) is 6.42 Å². The molecule has 1 nitrogen and oxygen atoms in total. The summed E-state index contributed by atoms with van der Waals surface area (Å²) < 4.78 is 1.39. The lowest BCUT2D eigenvalue weighted by Crippen LogP contribution is -2.42. The van der Waals surface area contributed by atoms with Gasteiger partial charge in [0.15, 0.2) is 0 Å². The fourth-order valence-electron chi connectivity index (χ4n) is 3.90. The highest BCUT2D eigenvalue weighted by Gasteiger charge is 2.36. The van der Waals surface area contributed by atoms with Crippen molar-refractivity contribution in [1.82, 2.24) is 0 Å². The molecule has 1 fully saturated rings. The van der Waals surface area contributed by atoms with Crippen molar-refractivity contribution in [3.63, 3.8) is 0 Å². The van der Waals surface area contributed by atoms with Gasteiger partial charge in [-0.15, -0.1) is 11.3 Å². The van der Waals surface area contributed by atoms with Gasteiger partial charge in [-0.2, -0.15) is 0 Å². The van der Waals surface area contributed by atoms with Gasteiger partial charge in [-0.25, -0.2) is 0 Å². The Bertz CT molecular complexity index is 584. The fourth-order valence-corrected chi connectivity index (χ4v) is 4.88. The molecule has 2 unspecified atom stereocenters. The molecule has 1 aromatic carbocycles. The van der Waals surface area contributed by atoms with Crippen molar-refractivity contribution in [3.05, 3.63) is 35.2 Å². The van der Waals surface area contributed by atoms with E-state index >= 15 is 0 Å². The molecule has 1 heterocycles. The minimum Gasteiger partial charge on any atom is -0.327 e. The van der Waals surface area contributed by atoms with Gasteiger partial charge in [0.1, 0.15) is 0 Å². The van der Waals surface area contributed by atoms with Crippen molar-refractivity contribution in [2.24, 2.45) is 17.1 Å². The number of benzene rings is 1. The Morgan fingerprint density at radius 1 is 1.30 bits per heavy atom. The third kappa shape index (κ3) is 2.64. The highest BCUT2D eigenvalue weighted by Crippen LogP contribution is 2.42. The highest BCUT2D eigenvalue weighted by atomic mass is 32.1. The Labute approximate surface area is 126 Å². The SMILES string of the molecule is CC1(C)CCCCC1C(N)Cc1csc2ccccc12. The van der Waals surface area contributed by atoms with Gasteiger partial charge in [-0.3, -0.25) is 0 Å². The van der Waals surface area contributed by atoms with Gasteiger partial charge >= 0.3 is 0 Å². The van der Waals surface area contributed by atoms with Gasteiger partial charge in [-0.1, -0.05) is 44.9 Å². The molecule has 0 amide bonds. The molecule has 0 saturated heterocycles. The molecule has 1 aliphatic rings. The molecule has 2 heteroatoms. The quantitative estimate of drug-likeness (QED) is 0.845. The Morgan fingerprint density at radius 3 is 2.90 bits per heavy atom. The highest BCUT2D eigenvalue weighted by molar-refractivity contribution is 7.17. The van der Waals surface area contributed by atoms with Crippen LogP contribution < -0.4 is 5.73 Å². The summed E-state index contributed by atoms with van der Waals surface area (Å²) in [6, 6.07) is 8.99. The van der Waals surface area contributed by atoms with E-state index in [0.717, 1.165) is 6.42 Å². The van der Waals surface area contributed by atoms with Crippen LogP contribution in [0.15, 0.2) is 29.6 Å². The molecule has 1 saturated carbocycles. The molecule has 2 aromatic rings. The van der Waals surface area contributed by atoms with Crippen molar-refractivity contribution >= 4 is 21.4 Å². The number of nitrogens with two attached hydrogens (primary N) is 1. The van der Waals surface area contributed by atoms with E-state index in [2.05, 4.69) is 43.5 Å². The minimum atomic E-state index is 0.295. The lowest BCUT2D eigenvalue weighted by atomic mass is 9.65. The zero-order valence-corrected chi connectivity index (χ0v) is 13.4. The average Bonchev–Trinajstić information content (AvgIpc) is 2.81. The van der Waals surface area contributed by atoms with Crippen LogP contribution >= 0.6 is 11.3 Å². The molecule has 20 heavy (non-hydrogen) atoms. The summed E-state index contributed by atoms with van der Waals surface area (Å²) in [5.74, 6) is 0.662. The van der Waals surface area contributed by atoms with E-state index < -0.39 is 0 Å². The molecular weight excluding hydrogens is 262 g/mol. The molecule has 2 N–H and O–H groups in total. The summed E-state index contributed by atoms with van der Waals surface area (Å²) in [6.45, 7) is 4.81. The molecule has 108 valence electrons. The van der Waals surface area contributed by atoms with Crippen molar-refractivity contribution in [1.29, 1.82) is 0 Å². The summed E-state index contributed by atoms with van der Waals surface area (Å²) in [5, 5.41) is 3.71. The third-order valence-electron chi connectivity index (χ3n) is 5.12. The first-order valence-corrected chi connectivity index (χ1v) is 8.66. The Kier molecular flexibility index (Phi) is 3.87. The molecule has 0 bridgehead atoms. The summed E-state index contributed by atoms with van der Waals surface area (Å²) >= 11 is 1.85. The zero-order valence-electron chi connectivity index (χ0n) is 12.6. The van der Waals surface area contributed by atoms with E-state index in [1.54, 1.807) is 0 Å². The van der Waals surface area contributed by atoms with Crippen LogP contribution in [0.4, 0.5) is 0 Å². The summed E-state index contributed by atoms with van der Waals surface area (Å²) in [7, 11) is 0. The molecule has 0 aliphatic heterocycles. The lowest BCUT2D eigenvalue weighted by Gasteiger charge is -2.42. The summed E-state index contributed by atoms with van der Waals surface area (Å²) in [6.07, 6.45) is 6.38. The van der Waals surface area contributed by atoms with Crippen molar-refractivity contribution < 1.29 is 0 Å². The van der Waals surface area contributed by atoms with E-state index in [-0.39, 0.29) is 0 Å². The predicted octanol–water partition coefficient (Wildman–Crippen LogP) is 4.99. The predicted molar refractivity (Wildman–Crippen MR) is 89.2 cm³/mol. The van der Waals surface area contributed by atoms with E-state index in [1.807, 2.05) is 11.3 Å². The smallest absolute Gasteiger partial charge is 0.0345 e. The maximum atomic E-state index is 6.61. The second kappa shape index (κ2) is 5.50. The molecule has 3 rings (SSSR count). The second-order valence-corrected chi connectivity index (χ2v) is 7.88. The fraction of sp³-hybridized carbons (Fsp3) is 0.556. The normalized spacial score (nSPS) is 23.9. The first-order chi connectivity index (χ1) is 9.58. The number of hydrogen-bond acceptors (Lipinski definition) is 2. The first-order valence-electron chi connectivity index (χ1n) is 7.78. The molecule has 1 aromatic heterocycles. The van der Waals surface area contributed by atoms with Crippen LogP contribution in [0, 0.1) is 11.3 Å². The summed E-state index contributed by atoms with van der Waals surface area (Å²) in [4.78, 5) is 0. The van der Waals surface area contributed by atoms with Crippen LogP contribution in [0.25, 0.3) is 10.1 Å². The average molecular weight is 287 g/mol. The van der Waals surface area contributed by atoms with Gasteiger partial charge in [0.25, 0.3) is 0 Å². The summed E-state index contributed by atoms with van der Waals surface area (Å²) in [5.41, 5.74) is 8.46. The van der Waals surface area contributed by atoms with E-state index in [0.29, 0.717) is 17.4 Å². The number of thiophene rings is 1. The topological polar surface area (TPSA) is 26.0 Å². The molecule has 1 aliphatic carbocycles. The van der Waals surface area contributed by atoms with Gasteiger partial charge in [-0.05, 0) is 53.0 Å². The maximum absolute atomic E-state index is 6.61. The number of fused-ring (bicyclic) bond motifs is 1. The van der Waals surface area contributed by atoms with Crippen LogP contribution in [0.3, 0.4) is 0 Å². The molecule has 0 radical (unpaired) electrons. The standard InChI is InChI=1S/C18H25NS/c1-18(2)10-6-5-8-15(18)16(19)11-13-12-20-17-9-4-3-7-14(13)17/h3-4,7,9,12,15-16H,5-6,8,10-11,19H2,1-2H3. The Hall–Kier alpha value is -0.860. The first kappa shape index (κ1) is 14.1. The van der Waals surface area contributed by atoms with E-state index in [1.165, 1.54) is 41.3 Å². The van der Waals surface area contributed by atoms with E-state index in [4.69, 9.17) is 5.73 Å². The van der Waals surface area contributed by atoms with Crippen molar-refractivity contribution in [2.45, 2.75) is 52.0 Å². The largest absolute Gasteiger partial charge is 0.327 e. The van der Waals surface area contributed by atoms with Gasteiger partial charge < -0.3 is 5.73 Å². The number of rotatable bonds is 3. The molecular formula is C18H25NS.